The number of hydrogen-bond donors (Lipinski definition) is 1. The molecule has 0 saturated carbocycles. The zero-order chi connectivity index (χ0) is 13.9. The standard InChI is InChI=1S/C13H20FN3O2/c1-4-10-11(14)12(17-8-16-10)18-6-9-5-15-7-13(2,3)19-9/h8-9,15H,4-7H2,1-3H3. The van der Waals surface area contributed by atoms with Crippen molar-refractivity contribution in [3.05, 3.63) is 17.8 Å². The van der Waals surface area contributed by atoms with Gasteiger partial charge in [0.15, 0.2) is 0 Å². The summed E-state index contributed by atoms with van der Waals surface area (Å²) >= 11 is 0. The van der Waals surface area contributed by atoms with Crippen molar-refractivity contribution in [3.63, 3.8) is 0 Å². The second kappa shape index (κ2) is 5.79. The molecule has 1 unspecified atom stereocenters. The summed E-state index contributed by atoms with van der Waals surface area (Å²) in [5.41, 5.74) is 0.137. The molecule has 1 saturated heterocycles. The van der Waals surface area contributed by atoms with Gasteiger partial charge < -0.3 is 14.8 Å². The smallest absolute Gasteiger partial charge is 0.253 e. The molecular formula is C13H20FN3O2. The van der Waals surface area contributed by atoms with Crippen molar-refractivity contribution >= 4 is 0 Å². The SMILES string of the molecule is CCc1ncnc(OCC2CNCC(C)(C)O2)c1F. The third-order valence-corrected chi connectivity index (χ3v) is 2.98. The fourth-order valence-corrected chi connectivity index (χ4v) is 2.07. The van der Waals surface area contributed by atoms with E-state index < -0.39 is 5.82 Å². The molecule has 1 aromatic rings. The molecule has 1 aliphatic heterocycles. The predicted molar refractivity (Wildman–Crippen MR) is 68.7 cm³/mol. The first-order valence-electron chi connectivity index (χ1n) is 6.52. The minimum Gasteiger partial charge on any atom is -0.473 e. The Kier molecular flexibility index (Phi) is 4.31. The number of nitrogens with zero attached hydrogens (tertiary/aromatic N) is 2. The van der Waals surface area contributed by atoms with E-state index in [1.54, 1.807) is 0 Å². The maximum Gasteiger partial charge on any atom is 0.253 e. The average Bonchev–Trinajstić information content (AvgIpc) is 2.36. The van der Waals surface area contributed by atoms with Gasteiger partial charge in [-0.1, -0.05) is 6.92 Å². The second-order valence-electron chi connectivity index (χ2n) is 5.23. The minimum atomic E-state index is -0.479. The lowest BCUT2D eigenvalue weighted by Crippen LogP contribution is -2.52. The molecule has 1 aliphatic rings. The van der Waals surface area contributed by atoms with Gasteiger partial charge in [-0.05, 0) is 20.3 Å². The molecule has 2 heterocycles. The summed E-state index contributed by atoms with van der Waals surface area (Å²) < 4.78 is 25.1. The molecule has 1 atom stereocenters. The zero-order valence-corrected chi connectivity index (χ0v) is 11.6. The number of hydrogen-bond acceptors (Lipinski definition) is 5. The van der Waals surface area contributed by atoms with Crippen LogP contribution in [0.4, 0.5) is 4.39 Å². The van der Waals surface area contributed by atoms with Crippen molar-refractivity contribution in [1.82, 2.24) is 15.3 Å². The van der Waals surface area contributed by atoms with E-state index in [9.17, 15) is 4.39 Å². The number of halogens is 1. The Morgan fingerprint density at radius 1 is 1.53 bits per heavy atom. The van der Waals surface area contributed by atoms with Gasteiger partial charge in [-0.2, -0.15) is 9.37 Å². The molecule has 0 amide bonds. The number of nitrogens with one attached hydrogen (secondary N) is 1. The van der Waals surface area contributed by atoms with Crippen LogP contribution in [0.25, 0.3) is 0 Å². The Morgan fingerprint density at radius 3 is 3.00 bits per heavy atom. The zero-order valence-electron chi connectivity index (χ0n) is 11.6. The van der Waals surface area contributed by atoms with Crippen molar-refractivity contribution in [3.8, 4) is 5.88 Å². The molecule has 0 aliphatic carbocycles. The summed E-state index contributed by atoms with van der Waals surface area (Å²) in [6.45, 7) is 7.61. The van der Waals surface area contributed by atoms with Crippen LogP contribution in [-0.2, 0) is 11.2 Å². The topological polar surface area (TPSA) is 56.3 Å². The van der Waals surface area contributed by atoms with Crippen LogP contribution in [0.15, 0.2) is 6.33 Å². The van der Waals surface area contributed by atoms with Crippen LogP contribution in [0.2, 0.25) is 0 Å². The summed E-state index contributed by atoms with van der Waals surface area (Å²) in [7, 11) is 0. The first-order valence-corrected chi connectivity index (χ1v) is 6.52. The fraction of sp³-hybridized carbons (Fsp3) is 0.692. The van der Waals surface area contributed by atoms with Crippen LogP contribution in [0.3, 0.4) is 0 Å². The summed E-state index contributed by atoms with van der Waals surface area (Å²) in [4.78, 5) is 7.69. The van der Waals surface area contributed by atoms with E-state index in [4.69, 9.17) is 9.47 Å². The van der Waals surface area contributed by atoms with Gasteiger partial charge in [0, 0.05) is 13.1 Å². The van der Waals surface area contributed by atoms with Gasteiger partial charge in [-0.25, -0.2) is 4.98 Å². The highest BCUT2D eigenvalue weighted by Crippen LogP contribution is 2.19. The summed E-state index contributed by atoms with van der Waals surface area (Å²) in [5, 5.41) is 3.27. The highest BCUT2D eigenvalue weighted by Gasteiger charge is 2.29. The van der Waals surface area contributed by atoms with E-state index in [-0.39, 0.29) is 24.2 Å². The first kappa shape index (κ1) is 14.1. The van der Waals surface area contributed by atoms with Crippen molar-refractivity contribution in [1.29, 1.82) is 0 Å². The van der Waals surface area contributed by atoms with Gasteiger partial charge in [-0.15, -0.1) is 0 Å². The van der Waals surface area contributed by atoms with E-state index in [1.165, 1.54) is 6.33 Å². The van der Waals surface area contributed by atoms with E-state index in [0.29, 0.717) is 18.7 Å². The van der Waals surface area contributed by atoms with Gasteiger partial charge in [0.2, 0.25) is 5.82 Å². The Bertz CT molecular complexity index is 440. The van der Waals surface area contributed by atoms with E-state index >= 15 is 0 Å². The van der Waals surface area contributed by atoms with E-state index in [2.05, 4.69) is 15.3 Å². The van der Waals surface area contributed by atoms with Gasteiger partial charge >= 0.3 is 0 Å². The summed E-state index contributed by atoms with van der Waals surface area (Å²) in [5.74, 6) is -0.480. The monoisotopic (exact) mass is 269 g/mol. The van der Waals surface area contributed by atoms with Crippen molar-refractivity contribution in [2.75, 3.05) is 19.7 Å². The van der Waals surface area contributed by atoms with Gasteiger partial charge in [-0.3, -0.25) is 0 Å². The Hall–Kier alpha value is -1.27. The average molecular weight is 269 g/mol. The van der Waals surface area contributed by atoms with Crippen LogP contribution in [0, 0.1) is 5.82 Å². The molecule has 0 radical (unpaired) electrons. The van der Waals surface area contributed by atoms with Crippen molar-refractivity contribution in [2.24, 2.45) is 0 Å². The molecule has 1 N–H and O–H groups in total. The predicted octanol–water partition coefficient (Wildman–Crippen LogP) is 1.32. The van der Waals surface area contributed by atoms with Crippen molar-refractivity contribution < 1.29 is 13.9 Å². The number of morpholine rings is 1. The lowest BCUT2D eigenvalue weighted by atomic mass is 10.1. The van der Waals surface area contributed by atoms with Crippen LogP contribution < -0.4 is 10.1 Å². The third kappa shape index (κ3) is 3.61. The number of rotatable bonds is 4. The lowest BCUT2D eigenvalue weighted by molar-refractivity contribution is -0.107. The molecule has 1 aromatic heterocycles. The van der Waals surface area contributed by atoms with E-state index in [1.807, 2.05) is 20.8 Å². The summed E-state index contributed by atoms with van der Waals surface area (Å²) in [6, 6.07) is 0. The highest BCUT2D eigenvalue weighted by molar-refractivity contribution is 5.17. The summed E-state index contributed by atoms with van der Waals surface area (Å²) in [6.07, 6.45) is 1.73. The Labute approximate surface area is 112 Å². The second-order valence-corrected chi connectivity index (χ2v) is 5.23. The van der Waals surface area contributed by atoms with Crippen molar-refractivity contribution in [2.45, 2.75) is 38.9 Å². The highest BCUT2D eigenvalue weighted by atomic mass is 19.1. The fourth-order valence-electron chi connectivity index (χ4n) is 2.07. The normalized spacial score (nSPS) is 22.2. The number of aryl methyl sites for hydroxylation is 1. The van der Waals surface area contributed by atoms with Crippen LogP contribution in [-0.4, -0.2) is 41.4 Å². The molecule has 106 valence electrons. The van der Waals surface area contributed by atoms with Crippen LogP contribution in [0.5, 0.6) is 5.88 Å². The Morgan fingerprint density at radius 2 is 2.32 bits per heavy atom. The molecule has 1 fully saturated rings. The molecule has 0 aromatic carbocycles. The molecule has 2 rings (SSSR count). The van der Waals surface area contributed by atoms with Gasteiger partial charge in [0.05, 0.1) is 11.3 Å². The first-order chi connectivity index (χ1) is 9.02. The number of aromatic nitrogens is 2. The third-order valence-electron chi connectivity index (χ3n) is 2.98. The molecule has 0 spiro atoms. The quantitative estimate of drug-likeness (QED) is 0.893. The maximum absolute atomic E-state index is 13.9. The molecule has 5 nitrogen and oxygen atoms in total. The maximum atomic E-state index is 13.9. The Balaban J connectivity index is 1.95. The van der Waals surface area contributed by atoms with Crippen LogP contribution >= 0.6 is 0 Å². The minimum absolute atomic E-state index is 0.00108. The van der Waals surface area contributed by atoms with E-state index in [0.717, 1.165) is 6.54 Å². The van der Waals surface area contributed by atoms with Gasteiger partial charge in [0.1, 0.15) is 19.0 Å². The number of ether oxygens (including phenoxy) is 2. The molecule has 19 heavy (non-hydrogen) atoms. The van der Waals surface area contributed by atoms with Gasteiger partial charge in [0.25, 0.3) is 5.88 Å². The molecule has 6 heteroatoms. The molecular weight excluding hydrogens is 249 g/mol. The lowest BCUT2D eigenvalue weighted by Gasteiger charge is -2.36. The van der Waals surface area contributed by atoms with Crippen LogP contribution in [0.1, 0.15) is 26.5 Å². The molecule has 0 bridgehead atoms. The largest absolute Gasteiger partial charge is 0.473 e.